The molecule has 30 heavy (non-hydrogen) atoms. The van der Waals surface area contributed by atoms with Crippen LogP contribution in [0, 0.1) is 0 Å². The van der Waals surface area contributed by atoms with Gasteiger partial charge in [-0.15, -0.1) is 21.5 Å². The molecule has 1 aliphatic carbocycles. The second kappa shape index (κ2) is 7.62. The molecule has 150 valence electrons. The number of halogens is 1. The highest BCUT2D eigenvalue weighted by atomic mass is 35.5. The van der Waals surface area contributed by atoms with Gasteiger partial charge >= 0.3 is 5.69 Å². The monoisotopic (exact) mass is 473 g/mol. The minimum absolute atomic E-state index is 0.428. The van der Waals surface area contributed by atoms with Gasteiger partial charge < -0.3 is 4.57 Å². The van der Waals surface area contributed by atoms with Crippen LogP contribution in [0.5, 0.6) is 0 Å². The fraction of sp³-hybridized carbons (Fsp3) is 0.105. The maximum atomic E-state index is 12.8. The van der Waals surface area contributed by atoms with E-state index in [-0.39, 0.29) is 0 Å². The van der Waals surface area contributed by atoms with E-state index in [1.807, 2.05) is 24.3 Å². The summed E-state index contributed by atoms with van der Waals surface area (Å²) < 4.78 is 2.98. The van der Waals surface area contributed by atoms with E-state index in [4.69, 9.17) is 16.6 Å². The highest BCUT2D eigenvalue weighted by Crippen LogP contribution is 2.43. The molecule has 11 heteroatoms. The summed E-state index contributed by atoms with van der Waals surface area (Å²) in [5.41, 5.74) is 3.80. The summed E-state index contributed by atoms with van der Waals surface area (Å²) in [7, 11) is 1.61. The molecule has 1 atom stereocenters. The third kappa shape index (κ3) is 3.45. The lowest BCUT2D eigenvalue weighted by Gasteiger charge is -2.18. The summed E-state index contributed by atoms with van der Waals surface area (Å²) in [5.74, 6) is -0.446. The predicted molar refractivity (Wildman–Crippen MR) is 120 cm³/mol. The first-order valence-electron chi connectivity index (χ1n) is 8.72. The van der Waals surface area contributed by atoms with Crippen LogP contribution in [0.4, 0.5) is 0 Å². The molecular weight excluding hydrogens is 462 g/mol. The van der Waals surface area contributed by atoms with E-state index >= 15 is 0 Å². The number of H-pyrrole nitrogens is 1. The Balaban J connectivity index is 1.73. The molecule has 0 amide bonds. The van der Waals surface area contributed by atoms with Crippen molar-refractivity contribution in [2.75, 3.05) is 0 Å². The minimum Gasteiger partial charge on any atom is -0.303 e. The van der Waals surface area contributed by atoms with E-state index in [9.17, 15) is 9.59 Å². The van der Waals surface area contributed by atoms with E-state index in [2.05, 4.69) is 15.2 Å². The molecule has 0 spiro atoms. The fourth-order valence-electron chi connectivity index (χ4n) is 3.34. The van der Waals surface area contributed by atoms with Crippen LogP contribution in [0.3, 0.4) is 0 Å². The van der Waals surface area contributed by atoms with Gasteiger partial charge in [-0.25, -0.2) is 9.78 Å². The third-order valence-electron chi connectivity index (χ3n) is 4.67. The van der Waals surface area contributed by atoms with Gasteiger partial charge in [0.1, 0.15) is 5.51 Å². The number of rotatable bonds is 3. The maximum absolute atomic E-state index is 12.8. The maximum Gasteiger partial charge on any atom is 0.328 e. The predicted octanol–water partition coefficient (Wildman–Crippen LogP) is 3.85. The standard InChI is InChI=1S/C19H12ClN5O2S3/c1-25-7-12(16(26)23-17(25)27)14-11-4-3-10(20)6-9(11)2-5-13-15(14)22-18(29-13)30-19-24-21-8-28-19/h2-8,14H,1H3,(H,23,26,27). The summed E-state index contributed by atoms with van der Waals surface area (Å²) in [6.07, 6.45) is 5.55. The zero-order valence-electron chi connectivity index (χ0n) is 15.3. The average molecular weight is 474 g/mol. The van der Waals surface area contributed by atoms with Crippen molar-refractivity contribution in [1.82, 2.24) is 24.7 Å². The van der Waals surface area contributed by atoms with Crippen LogP contribution in [-0.4, -0.2) is 24.7 Å². The number of aromatic nitrogens is 5. The molecule has 0 bridgehead atoms. The van der Waals surface area contributed by atoms with Gasteiger partial charge in [0, 0.05) is 23.8 Å². The molecule has 1 unspecified atom stereocenters. The molecule has 0 saturated carbocycles. The summed E-state index contributed by atoms with van der Waals surface area (Å²) in [5, 5.41) is 8.54. The first kappa shape index (κ1) is 19.4. The number of nitrogens with zero attached hydrogens (tertiary/aromatic N) is 4. The molecule has 4 aromatic rings. The first-order chi connectivity index (χ1) is 14.5. The molecule has 1 aromatic carbocycles. The Labute approximate surface area is 187 Å². The van der Waals surface area contributed by atoms with Gasteiger partial charge in [0.15, 0.2) is 8.68 Å². The van der Waals surface area contributed by atoms with Gasteiger partial charge in [0.05, 0.1) is 16.5 Å². The van der Waals surface area contributed by atoms with E-state index < -0.39 is 17.2 Å². The third-order valence-corrected chi connectivity index (χ3v) is 7.78. The highest BCUT2D eigenvalue weighted by Gasteiger charge is 2.30. The van der Waals surface area contributed by atoms with Crippen LogP contribution in [0.25, 0.3) is 12.2 Å². The van der Waals surface area contributed by atoms with Crippen molar-refractivity contribution < 1.29 is 0 Å². The fourth-order valence-corrected chi connectivity index (χ4v) is 6.31. The lowest BCUT2D eigenvalue weighted by atomic mass is 9.87. The number of nitrogens with one attached hydrogen (secondary N) is 1. The van der Waals surface area contributed by atoms with Crippen LogP contribution < -0.4 is 11.2 Å². The van der Waals surface area contributed by atoms with Crippen molar-refractivity contribution in [3.05, 3.63) is 83.0 Å². The Kier molecular flexibility index (Phi) is 4.94. The van der Waals surface area contributed by atoms with Crippen LogP contribution in [-0.2, 0) is 7.05 Å². The van der Waals surface area contributed by atoms with Gasteiger partial charge in [-0.05, 0) is 41.1 Å². The molecular formula is C19H12ClN5O2S3. The second-order valence-electron chi connectivity index (χ2n) is 6.53. The lowest BCUT2D eigenvalue weighted by Crippen LogP contribution is -2.31. The smallest absolute Gasteiger partial charge is 0.303 e. The molecule has 7 nitrogen and oxygen atoms in total. The molecule has 5 rings (SSSR count). The van der Waals surface area contributed by atoms with E-state index in [1.54, 1.807) is 24.8 Å². The van der Waals surface area contributed by atoms with Gasteiger partial charge in [-0.1, -0.05) is 35.1 Å². The van der Waals surface area contributed by atoms with Crippen molar-refractivity contribution in [1.29, 1.82) is 0 Å². The number of aryl methyl sites for hydroxylation is 1. The van der Waals surface area contributed by atoms with Crippen LogP contribution in [0.15, 0.2) is 48.2 Å². The Morgan fingerprint density at radius 2 is 2.07 bits per heavy atom. The van der Waals surface area contributed by atoms with E-state index in [0.29, 0.717) is 10.6 Å². The van der Waals surface area contributed by atoms with Gasteiger partial charge in [0.25, 0.3) is 5.56 Å². The van der Waals surface area contributed by atoms with Crippen molar-refractivity contribution in [3.8, 4) is 0 Å². The number of benzene rings is 1. The summed E-state index contributed by atoms with van der Waals surface area (Å²) >= 11 is 10.6. The largest absolute Gasteiger partial charge is 0.328 e. The Hall–Kier alpha value is -2.53. The van der Waals surface area contributed by atoms with Crippen molar-refractivity contribution in [2.45, 2.75) is 14.6 Å². The minimum atomic E-state index is -0.460. The molecule has 1 N–H and O–H groups in total. The summed E-state index contributed by atoms with van der Waals surface area (Å²) in [6.45, 7) is 0. The molecule has 3 aromatic heterocycles. The summed E-state index contributed by atoms with van der Waals surface area (Å²) in [4.78, 5) is 32.9. The van der Waals surface area contributed by atoms with Crippen LogP contribution >= 0.6 is 46.0 Å². The van der Waals surface area contributed by atoms with Crippen LogP contribution in [0.1, 0.15) is 33.2 Å². The SMILES string of the molecule is Cn1cc(C2c3ccc(Cl)cc3C=Cc3sc(Sc4nncs4)nc32)c(=O)[nH]c1=O. The molecule has 1 aliphatic rings. The molecule has 0 radical (unpaired) electrons. The molecule has 3 heterocycles. The van der Waals surface area contributed by atoms with Crippen molar-refractivity contribution in [3.63, 3.8) is 0 Å². The normalized spacial score (nSPS) is 14.9. The second-order valence-corrected chi connectivity index (χ2v) is 10.3. The van der Waals surface area contributed by atoms with Crippen molar-refractivity contribution >= 4 is 58.2 Å². The Bertz CT molecular complexity index is 1400. The summed E-state index contributed by atoms with van der Waals surface area (Å²) in [6, 6.07) is 5.57. The number of aromatic amines is 1. The van der Waals surface area contributed by atoms with Crippen LogP contribution in [0.2, 0.25) is 5.02 Å². The van der Waals surface area contributed by atoms with E-state index in [1.165, 1.54) is 39.0 Å². The first-order valence-corrected chi connectivity index (χ1v) is 11.6. The molecule has 0 fully saturated rings. The lowest BCUT2D eigenvalue weighted by molar-refractivity contribution is 0.759. The average Bonchev–Trinajstić information content (AvgIpc) is 3.33. The Morgan fingerprint density at radius 1 is 1.20 bits per heavy atom. The molecule has 0 saturated heterocycles. The number of hydrogen-bond acceptors (Lipinski definition) is 8. The van der Waals surface area contributed by atoms with Gasteiger partial charge in [0.2, 0.25) is 0 Å². The number of fused-ring (bicyclic) bond motifs is 2. The van der Waals surface area contributed by atoms with Gasteiger partial charge in [-0.2, -0.15) is 0 Å². The van der Waals surface area contributed by atoms with E-state index in [0.717, 1.165) is 30.4 Å². The number of thiazole rings is 1. The quantitative estimate of drug-likeness (QED) is 0.427. The number of hydrogen-bond donors (Lipinski definition) is 1. The molecule has 0 aliphatic heterocycles. The van der Waals surface area contributed by atoms with Crippen molar-refractivity contribution in [2.24, 2.45) is 7.05 Å². The highest BCUT2D eigenvalue weighted by molar-refractivity contribution is 8.02. The zero-order valence-corrected chi connectivity index (χ0v) is 18.5. The Morgan fingerprint density at radius 3 is 2.87 bits per heavy atom. The topological polar surface area (TPSA) is 93.5 Å². The zero-order chi connectivity index (χ0) is 20.8. The van der Waals surface area contributed by atoms with Gasteiger partial charge in [-0.3, -0.25) is 9.78 Å².